The fourth-order valence-electron chi connectivity index (χ4n) is 3.63. The largest absolute Gasteiger partial charge is 0.337 e. The van der Waals surface area contributed by atoms with E-state index in [1.165, 1.54) is 16.9 Å². The van der Waals surface area contributed by atoms with Gasteiger partial charge in [-0.3, -0.25) is 0 Å². The molecule has 100 valence electrons. The predicted octanol–water partition coefficient (Wildman–Crippen LogP) is 4.56. The van der Waals surface area contributed by atoms with E-state index in [1.807, 2.05) is 0 Å². The number of nitrogens with zero attached hydrogens (tertiary/aromatic N) is 1. The lowest BCUT2D eigenvalue weighted by atomic mass is 9.91. The van der Waals surface area contributed by atoms with Crippen LogP contribution in [0.25, 0.3) is 0 Å². The number of allylic oxidation sites excluding steroid dienone is 6. The minimum absolute atomic E-state index is 0.447. The van der Waals surface area contributed by atoms with Crippen molar-refractivity contribution < 1.29 is 0 Å². The molecular weight excluding hydrogens is 242 g/mol. The SMILES string of the molecule is CC1C=CC=C(N2c3ccccc3C3C=CC=CC32)C1. The number of para-hydroxylation sites is 1. The maximum absolute atomic E-state index is 2.54. The van der Waals surface area contributed by atoms with Crippen LogP contribution in [0.2, 0.25) is 0 Å². The molecule has 3 aliphatic rings. The predicted molar refractivity (Wildman–Crippen MR) is 84.7 cm³/mol. The lowest BCUT2D eigenvalue weighted by Gasteiger charge is -2.32. The highest BCUT2D eigenvalue weighted by Gasteiger charge is 2.37. The average molecular weight is 261 g/mol. The summed E-state index contributed by atoms with van der Waals surface area (Å²) >= 11 is 0. The summed E-state index contributed by atoms with van der Waals surface area (Å²) in [6.07, 6.45) is 17.0. The van der Waals surface area contributed by atoms with Crippen molar-refractivity contribution in [1.29, 1.82) is 0 Å². The molecule has 0 fully saturated rings. The van der Waals surface area contributed by atoms with Crippen molar-refractivity contribution in [3.63, 3.8) is 0 Å². The second-order valence-electron chi connectivity index (χ2n) is 5.94. The van der Waals surface area contributed by atoms with E-state index in [-0.39, 0.29) is 0 Å². The Labute approximate surface area is 120 Å². The zero-order chi connectivity index (χ0) is 13.5. The maximum Gasteiger partial charge on any atom is 0.0626 e. The smallest absolute Gasteiger partial charge is 0.0626 e. The van der Waals surface area contributed by atoms with E-state index in [2.05, 4.69) is 78.6 Å². The standard InChI is InChI=1S/C19H19N/c1-14-7-6-8-15(13-14)20-18-11-4-2-9-16(18)17-10-3-5-12-19(17)20/h2-12,14,16,18H,13H2,1H3. The highest BCUT2D eigenvalue weighted by molar-refractivity contribution is 5.69. The molecular formula is C19H19N. The van der Waals surface area contributed by atoms with Gasteiger partial charge in [0.25, 0.3) is 0 Å². The van der Waals surface area contributed by atoms with Crippen LogP contribution in [0, 0.1) is 5.92 Å². The second kappa shape index (κ2) is 4.52. The molecule has 1 aromatic carbocycles. The number of rotatable bonds is 1. The molecule has 0 N–H and O–H groups in total. The summed E-state index contributed by atoms with van der Waals surface area (Å²) in [4.78, 5) is 2.54. The summed E-state index contributed by atoms with van der Waals surface area (Å²) in [6, 6.07) is 9.29. The van der Waals surface area contributed by atoms with Crippen molar-refractivity contribution in [3.8, 4) is 0 Å². The lowest BCUT2D eigenvalue weighted by molar-refractivity contribution is 0.644. The highest BCUT2D eigenvalue weighted by Crippen LogP contribution is 2.46. The Bertz CT molecular complexity index is 647. The van der Waals surface area contributed by atoms with E-state index in [0.29, 0.717) is 17.9 Å². The number of benzene rings is 1. The van der Waals surface area contributed by atoms with E-state index < -0.39 is 0 Å². The highest BCUT2D eigenvalue weighted by atomic mass is 15.2. The first-order chi connectivity index (χ1) is 9.84. The van der Waals surface area contributed by atoms with Gasteiger partial charge >= 0.3 is 0 Å². The van der Waals surface area contributed by atoms with Crippen LogP contribution in [0.1, 0.15) is 24.8 Å². The molecule has 0 bridgehead atoms. The molecule has 3 unspecified atom stereocenters. The first kappa shape index (κ1) is 11.8. The van der Waals surface area contributed by atoms with Crippen molar-refractivity contribution in [2.24, 2.45) is 5.92 Å². The van der Waals surface area contributed by atoms with Gasteiger partial charge in [0, 0.05) is 17.3 Å². The average Bonchev–Trinajstić information content (AvgIpc) is 2.82. The first-order valence-electron chi connectivity index (χ1n) is 7.45. The Balaban J connectivity index is 1.82. The fourth-order valence-corrected chi connectivity index (χ4v) is 3.63. The van der Waals surface area contributed by atoms with Crippen LogP contribution in [-0.4, -0.2) is 6.04 Å². The Hall–Kier alpha value is -2.02. The van der Waals surface area contributed by atoms with Gasteiger partial charge in [0.15, 0.2) is 0 Å². The van der Waals surface area contributed by atoms with E-state index in [1.54, 1.807) is 0 Å². The third-order valence-electron chi connectivity index (χ3n) is 4.53. The number of hydrogen-bond acceptors (Lipinski definition) is 1. The Morgan fingerprint density at radius 1 is 1.00 bits per heavy atom. The van der Waals surface area contributed by atoms with Crippen molar-refractivity contribution in [1.82, 2.24) is 0 Å². The Morgan fingerprint density at radius 3 is 2.75 bits per heavy atom. The summed E-state index contributed by atoms with van der Waals surface area (Å²) in [5.41, 5.74) is 4.29. The molecule has 1 aromatic rings. The third-order valence-corrected chi connectivity index (χ3v) is 4.53. The summed E-state index contributed by atoms with van der Waals surface area (Å²) in [5.74, 6) is 1.13. The second-order valence-corrected chi connectivity index (χ2v) is 5.94. The molecule has 0 amide bonds. The van der Waals surface area contributed by atoms with Gasteiger partial charge in [-0.15, -0.1) is 0 Å². The third kappa shape index (κ3) is 1.70. The van der Waals surface area contributed by atoms with Gasteiger partial charge in [-0.05, 0) is 30.0 Å². The van der Waals surface area contributed by atoms with Crippen LogP contribution >= 0.6 is 0 Å². The summed E-state index contributed by atoms with van der Waals surface area (Å²) in [7, 11) is 0. The minimum atomic E-state index is 0.447. The minimum Gasteiger partial charge on any atom is -0.337 e. The summed E-state index contributed by atoms with van der Waals surface area (Å²) in [5, 5.41) is 0. The lowest BCUT2D eigenvalue weighted by Crippen LogP contribution is -2.33. The normalized spacial score (nSPS) is 30.1. The molecule has 4 rings (SSSR count). The maximum atomic E-state index is 2.54. The molecule has 2 aliphatic carbocycles. The number of fused-ring (bicyclic) bond motifs is 3. The summed E-state index contributed by atoms with van der Waals surface area (Å²) in [6.45, 7) is 2.29. The van der Waals surface area contributed by atoms with Crippen LogP contribution in [0.4, 0.5) is 5.69 Å². The molecule has 1 heteroatoms. The molecule has 0 spiro atoms. The van der Waals surface area contributed by atoms with Gasteiger partial charge in [-0.1, -0.05) is 61.6 Å². The van der Waals surface area contributed by atoms with E-state index in [0.717, 1.165) is 6.42 Å². The molecule has 0 saturated carbocycles. The first-order valence-corrected chi connectivity index (χ1v) is 7.45. The molecule has 0 saturated heterocycles. The number of anilines is 1. The fraction of sp³-hybridized carbons (Fsp3) is 0.263. The monoisotopic (exact) mass is 261 g/mol. The van der Waals surface area contributed by atoms with Crippen molar-refractivity contribution in [3.05, 3.63) is 78.1 Å². The Morgan fingerprint density at radius 2 is 1.85 bits per heavy atom. The topological polar surface area (TPSA) is 3.24 Å². The quantitative estimate of drug-likeness (QED) is 0.716. The van der Waals surface area contributed by atoms with Gasteiger partial charge in [-0.25, -0.2) is 0 Å². The zero-order valence-electron chi connectivity index (χ0n) is 11.7. The van der Waals surface area contributed by atoms with Gasteiger partial charge in [0.1, 0.15) is 0 Å². The molecule has 0 aromatic heterocycles. The van der Waals surface area contributed by atoms with E-state index >= 15 is 0 Å². The Kier molecular flexibility index (Phi) is 2.66. The van der Waals surface area contributed by atoms with Gasteiger partial charge in [0.2, 0.25) is 0 Å². The van der Waals surface area contributed by atoms with Crippen LogP contribution in [0.5, 0.6) is 0 Å². The number of hydrogen-bond donors (Lipinski definition) is 0. The van der Waals surface area contributed by atoms with Crippen molar-refractivity contribution >= 4 is 5.69 Å². The van der Waals surface area contributed by atoms with Crippen LogP contribution in [0.15, 0.2) is 72.5 Å². The van der Waals surface area contributed by atoms with E-state index in [9.17, 15) is 0 Å². The van der Waals surface area contributed by atoms with Crippen LogP contribution in [-0.2, 0) is 0 Å². The van der Waals surface area contributed by atoms with Crippen LogP contribution in [0.3, 0.4) is 0 Å². The molecule has 1 heterocycles. The van der Waals surface area contributed by atoms with Crippen molar-refractivity contribution in [2.75, 3.05) is 4.90 Å². The van der Waals surface area contributed by atoms with Crippen LogP contribution < -0.4 is 4.90 Å². The molecule has 0 radical (unpaired) electrons. The van der Waals surface area contributed by atoms with E-state index in [4.69, 9.17) is 0 Å². The zero-order valence-corrected chi connectivity index (χ0v) is 11.7. The molecule has 20 heavy (non-hydrogen) atoms. The van der Waals surface area contributed by atoms with Crippen molar-refractivity contribution in [2.45, 2.75) is 25.3 Å². The van der Waals surface area contributed by atoms with Gasteiger partial charge in [0.05, 0.1) is 6.04 Å². The molecule has 3 atom stereocenters. The molecule has 1 nitrogen and oxygen atoms in total. The molecule has 1 aliphatic heterocycles. The van der Waals surface area contributed by atoms with Gasteiger partial charge in [-0.2, -0.15) is 0 Å². The summed E-state index contributed by atoms with van der Waals surface area (Å²) < 4.78 is 0. The van der Waals surface area contributed by atoms with Gasteiger partial charge < -0.3 is 4.90 Å².